The Morgan fingerprint density at radius 3 is 2.28 bits per heavy atom. The van der Waals surface area contributed by atoms with E-state index >= 15 is 0 Å². The van der Waals surface area contributed by atoms with E-state index in [4.69, 9.17) is 9.84 Å². The highest BCUT2D eigenvalue weighted by molar-refractivity contribution is 7.92. The first-order valence-electron chi connectivity index (χ1n) is 5.01. The first kappa shape index (κ1) is 16.6. The number of hydrogen-bond acceptors (Lipinski definition) is 5. The summed E-state index contributed by atoms with van der Waals surface area (Å²) < 4.78 is 39.8. The lowest BCUT2D eigenvalue weighted by Crippen LogP contribution is -2.37. The van der Waals surface area contributed by atoms with E-state index in [1.807, 2.05) is 0 Å². The maximum absolute atomic E-state index is 12.8. The van der Waals surface area contributed by atoms with Crippen molar-refractivity contribution in [3.8, 4) is 0 Å². The van der Waals surface area contributed by atoms with E-state index in [2.05, 4.69) is 5.32 Å². The summed E-state index contributed by atoms with van der Waals surface area (Å²) in [5.74, 6) is -2.90. The molecule has 0 rings (SSSR count). The van der Waals surface area contributed by atoms with E-state index in [0.717, 1.165) is 0 Å². The summed E-state index contributed by atoms with van der Waals surface area (Å²) in [5.41, 5.74) is -3.73. The highest BCUT2D eigenvalue weighted by atomic mass is 32.2. The van der Waals surface area contributed by atoms with E-state index in [1.165, 1.54) is 0 Å². The van der Waals surface area contributed by atoms with Crippen LogP contribution in [0.1, 0.15) is 20.8 Å². The van der Waals surface area contributed by atoms with Gasteiger partial charge < -0.3 is 15.2 Å². The number of halogens is 1. The monoisotopic (exact) mass is 285 g/mol. The lowest BCUT2D eigenvalue weighted by molar-refractivity contribution is -0.139. The van der Waals surface area contributed by atoms with Crippen molar-refractivity contribution in [2.75, 3.05) is 12.3 Å². The molecule has 0 radical (unpaired) electrons. The Morgan fingerprint density at radius 1 is 1.39 bits per heavy atom. The third-order valence-corrected chi connectivity index (χ3v) is 3.17. The molecule has 2 N–H and O–H groups in total. The first-order chi connectivity index (χ1) is 7.96. The third-order valence-electron chi connectivity index (χ3n) is 1.56. The van der Waals surface area contributed by atoms with Crippen molar-refractivity contribution in [2.45, 2.75) is 31.9 Å². The Hall–Kier alpha value is -1.38. The van der Waals surface area contributed by atoms with Crippen LogP contribution in [0.4, 0.5) is 9.18 Å². The van der Waals surface area contributed by atoms with Gasteiger partial charge in [0.15, 0.2) is 9.84 Å². The number of alkyl carbamates (subject to hydrolysis) is 1. The van der Waals surface area contributed by atoms with Crippen LogP contribution in [0.15, 0.2) is 0 Å². The van der Waals surface area contributed by atoms with Gasteiger partial charge in [-0.2, -0.15) is 0 Å². The molecule has 0 saturated carbocycles. The summed E-state index contributed by atoms with van der Waals surface area (Å²) in [6.07, 6.45) is -0.858. The number of carbonyl (C=O) groups excluding carboxylic acids is 1. The minimum atomic E-state index is -4.44. The van der Waals surface area contributed by atoms with Crippen molar-refractivity contribution in [3.05, 3.63) is 0 Å². The molecule has 0 aromatic rings. The highest BCUT2D eigenvalue weighted by Crippen LogP contribution is 2.07. The SMILES string of the molecule is CC(C)(C)OC(=O)NCCS(=O)(=O)C(F)C(=O)O. The Labute approximate surface area is 104 Å². The number of ether oxygens (including phenoxy) is 1. The van der Waals surface area contributed by atoms with Crippen LogP contribution in [0.2, 0.25) is 0 Å². The van der Waals surface area contributed by atoms with E-state index in [-0.39, 0.29) is 0 Å². The molecule has 0 spiro atoms. The number of alkyl halides is 1. The molecule has 1 amide bonds. The van der Waals surface area contributed by atoms with E-state index in [1.54, 1.807) is 20.8 Å². The van der Waals surface area contributed by atoms with E-state index in [0.29, 0.717) is 0 Å². The summed E-state index contributed by atoms with van der Waals surface area (Å²) in [5, 5.41) is 10.3. The quantitative estimate of drug-likeness (QED) is 0.752. The zero-order valence-electron chi connectivity index (χ0n) is 10.3. The van der Waals surface area contributed by atoms with E-state index in [9.17, 15) is 22.4 Å². The van der Waals surface area contributed by atoms with Crippen molar-refractivity contribution >= 4 is 21.9 Å². The molecule has 0 saturated heterocycles. The molecule has 0 bridgehead atoms. The number of sulfone groups is 1. The number of carbonyl (C=O) groups is 2. The molecule has 1 unspecified atom stereocenters. The van der Waals surface area contributed by atoms with Gasteiger partial charge in [0, 0.05) is 6.54 Å². The fourth-order valence-corrected chi connectivity index (χ4v) is 1.77. The van der Waals surface area contributed by atoms with Crippen LogP contribution in [-0.2, 0) is 19.4 Å². The molecule has 0 aromatic carbocycles. The van der Waals surface area contributed by atoms with Crippen molar-refractivity contribution in [1.82, 2.24) is 5.32 Å². The normalized spacial score (nSPS) is 13.8. The average Bonchev–Trinajstić information content (AvgIpc) is 2.12. The summed E-state index contributed by atoms with van der Waals surface area (Å²) >= 11 is 0. The van der Waals surface area contributed by atoms with Crippen LogP contribution >= 0.6 is 0 Å². The molecule has 0 aromatic heterocycles. The fraction of sp³-hybridized carbons (Fsp3) is 0.778. The van der Waals surface area contributed by atoms with Crippen LogP contribution in [0.3, 0.4) is 0 Å². The van der Waals surface area contributed by atoms with Gasteiger partial charge in [0.1, 0.15) is 5.60 Å². The number of carboxylic acid groups (broad SMARTS) is 1. The Bertz CT molecular complexity index is 413. The second-order valence-corrected chi connectivity index (χ2v) is 6.60. The van der Waals surface area contributed by atoms with Gasteiger partial charge in [0.2, 0.25) is 0 Å². The largest absolute Gasteiger partial charge is 0.478 e. The zero-order chi connectivity index (χ0) is 14.6. The van der Waals surface area contributed by atoms with E-state index < -0.39 is 45.3 Å². The molecular formula is C9H16FNO6S. The molecule has 1 atom stereocenters. The molecule has 0 fully saturated rings. The summed E-state index contributed by atoms with van der Waals surface area (Å²) in [6.45, 7) is 4.42. The second-order valence-electron chi connectivity index (χ2n) is 4.45. The number of rotatable bonds is 5. The maximum atomic E-state index is 12.8. The summed E-state index contributed by atoms with van der Waals surface area (Å²) in [6, 6.07) is 0. The highest BCUT2D eigenvalue weighted by Gasteiger charge is 2.31. The Kier molecular flexibility index (Phi) is 5.53. The van der Waals surface area contributed by atoms with Crippen LogP contribution in [0, 0.1) is 0 Å². The standard InChI is InChI=1S/C9H16FNO6S/c1-9(2,3)17-8(14)11-4-5-18(15,16)6(10)7(12)13/h6H,4-5H2,1-3H3,(H,11,14)(H,12,13). The molecule has 0 aliphatic carbocycles. The maximum Gasteiger partial charge on any atom is 0.407 e. The van der Waals surface area contributed by atoms with Crippen LogP contribution in [0.5, 0.6) is 0 Å². The van der Waals surface area contributed by atoms with Gasteiger partial charge in [-0.15, -0.1) is 0 Å². The van der Waals surface area contributed by atoms with Crippen molar-refractivity contribution in [3.63, 3.8) is 0 Å². The van der Waals surface area contributed by atoms with Crippen LogP contribution in [-0.4, -0.2) is 49.0 Å². The first-order valence-corrected chi connectivity index (χ1v) is 6.72. The Morgan fingerprint density at radius 2 is 1.89 bits per heavy atom. The molecule has 7 nitrogen and oxygen atoms in total. The predicted molar refractivity (Wildman–Crippen MR) is 60.6 cm³/mol. The minimum absolute atomic E-state index is 0.426. The van der Waals surface area contributed by atoms with Gasteiger partial charge in [-0.25, -0.2) is 22.4 Å². The van der Waals surface area contributed by atoms with Gasteiger partial charge in [0.05, 0.1) is 5.75 Å². The third kappa shape index (κ3) is 6.38. The lowest BCUT2D eigenvalue weighted by atomic mass is 10.2. The van der Waals surface area contributed by atoms with Crippen molar-refractivity contribution in [2.24, 2.45) is 0 Å². The average molecular weight is 285 g/mol. The number of aliphatic carboxylic acids is 1. The molecular weight excluding hydrogens is 269 g/mol. The molecule has 0 aliphatic rings. The summed E-state index contributed by atoms with van der Waals surface area (Å²) in [4.78, 5) is 21.3. The van der Waals surface area contributed by atoms with Crippen LogP contribution in [0.25, 0.3) is 0 Å². The lowest BCUT2D eigenvalue weighted by Gasteiger charge is -2.19. The number of hydrogen-bond donors (Lipinski definition) is 2. The molecule has 0 heterocycles. The number of carboxylic acids is 1. The zero-order valence-corrected chi connectivity index (χ0v) is 11.1. The predicted octanol–water partition coefficient (Wildman–Crippen LogP) is 0.306. The summed E-state index contributed by atoms with van der Waals surface area (Å²) in [7, 11) is -4.44. The van der Waals surface area contributed by atoms with Gasteiger partial charge in [-0.1, -0.05) is 0 Å². The molecule has 0 aliphatic heterocycles. The topological polar surface area (TPSA) is 110 Å². The van der Waals surface area contributed by atoms with Crippen molar-refractivity contribution in [1.29, 1.82) is 0 Å². The molecule has 106 valence electrons. The smallest absolute Gasteiger partial charge is 0.407 e. The minimum Gasteiger partial charge on any atom is -0.478 e. The number of nitrogens with one attached hydrogen (secondary N) is 1. The molecule has 9 heteroatoms. The second kappa shape index (κ2) is 5.98. The Balaban J connectivity index is 4.21. The fourth-order valence-electron chi connectivity index (χ4n) is 0.867. The van der Waals surface area contributed by atoms with Gasteiger partial charge in [-0.05, 0) is 20.8 Å². The van der Waals surface area contributed by atoms with Crippen molar-refractivity contribution < 1.29 is 32.2 Å². The van der Waals surface area contributed by atoms with Gasteiger partial charge in [0.25, 0.3) is 5.50 Å². The number of amides is 1. The van der Waals surface area contributed by atoms with Gasteiger partial charge >= 0.3 is 12.1 Å². The van der Waals surface area contributed by atoms with Gasteiger partial charge in [-0.3, -0.25) is 0 Å². The molecule has 18 heavy (non-hydrogen) atoms. The van der Waals surface area contributed by atoms with Crippen LogP contribution < -0.4 is 5.32 Å².